The summed E-state index contributed by atoms with van der Waals surface area (Å²) in [5.41, 5.74) is 0.987. The molecule has 110 valence electrons. The highest BCUT2D eigenvalue weighted by Gasteiger charge is 2.10. The third-order valence-electron chi connectivity index (χ3n) is 2.83. The largest absolute Gasteiger partial charge is 0.365 e. The number of hydrogen-bond acceptors (Lipinski definition) is 2. The predicted molar refractivity (Wildman–Crippen MR) is 79.7 cm³/mol. The smallest absolute Gasteiger partial charge is 0.243 e. The molecule has 0 aromatic heterocycles. The van der Waals surface area contributed by atoms with Crippen molar-refractivity contribution in [1.29, 1.82) is 0 Å². The number of nitrogens with one attached hydrogen (secondary N) is 1. The SMILES string of the molecule is CN(CC(=O)Nc1cccc(Cl)c1)c1ccc(F)c(F)c1. The fourth-order valence-corrected chi connectivity index (χ4v) is 1.99. The predicted octanol–water partition coefficient (Wildman–Crippen LogP) is 3.69. The molecule has 0 radical (unpaired) electrons. The Morgan fingerprint density at radius 1 is 1.19 bits per heavy atom. The van der Waals surface area contributed by atoms with Gasteiger partial charge in [-0.1, -0.05) is 17.7 Å². The molecule has 0 fully saturated rings. The third kappa shape index (κ3) is 4.16. The molecular weight excluding hydrogens is 298 g/mol. The number of likely N-dealkylation sites (N-methyl/N-ethyl adjacent to an activating group) is 1. The molecule has 2 rings (SSSR count). The number of hydrogen-bond donors (Lipinski definition) is 1. The highest BCUT2D eigenvalue weighted by molar-refractivity contribution is 6.30. The molecule has 1 amide bonds. The van der Waals surface area contributed by atoms with Gasteiger partial charge in [-0.15, -0.1) is 0 Å². The fraction of sp³-hybridized carbons (Fsp3) is 0.133. The molecule has 0 spiro atoms. The van der Waals surface area contributed by atoms with Crippen LogP contribution in [0, 0.1) is 11.6 Å². The van der Waals surface area contributed by atoms with Gasteiger partial charge in [0.2, 0.25) is 5.91 Å². The molecule has 0 aliphatic carbocycles. The molecule has 6 heteroatoms. The van der Waals surface area contributed by atoms with Crippen molar-refractivity contribution in [3.05, 3.63) is 59.1 Å². The van der Waals surface area contributed by atoms with Crippen molar-refractivity contribution in [3.8, 4) is 0 Å². The van der Waals surface area contributed by atoms with E-state index < -0.39 is 11.6 Å². The number of amides is 1. The molecule has 3 nitrogen and oxygen atoms in total. The summed E-state index contributed by atoms with van der Waals surface area (Å²) in [4.78, 5) is 13.4. The Kier molecular flexibility index (Phi) is 4.75. The monoisotopic (exact) mass is 310 g/mol. The first kappa shape index (κ1) is 15.3. The maximum Gasteiger partial charge on any atom is 0.243 e. The number of nitrogens with zero attached hydrogens (tertiary/aromatic N) is 1. The zero-order valence-electron chi connectivity index (χ0n) is 11.2. The molecule has 0 heterocycles. The summed E-state index contributed by atoms with van der Waals surface area (Å²) in [6.07, 6.45) is 0. The quantitative estimate of drug-likeness (QED) is 0.934. The highest BCUT2D eigenvalue weighted by atomic mass is 35.5. The summed E-state index contributed by atoms with van der Waals surface area (Å²) in [5, 5.41) is 3.19. The lowest BCUT2D eigenvalue weighted by atomic mass is 10.2. The molecule has 0 unspecified atom stereocenters. The Morgan fingerprint density at radius 2 is 1.95 bits per heavy atom. The maximum atomic E-state index is 13.2. The molecule has 0 saturated carbocycles. The van der Waals surface area contributed by atoms with E-state index >= 15 is 0 Å². The van der Waals surface area contributed by atoms with Gasteiger partial charge in [0.1, 0.15) is 0 Å². The molecule has 0 atom stereocenters. The van der Waals surface area contributed by atoms with Crippen LogP contribution >= 0.6 is 11.6 Å². The minimum Gasteiger partial charge on any atom is -0.365 e. The van der Waals surface area contributed by atoms with Crippen molar-refractivity contribution in [1.82, 2.24) is 0 Å². The molecule has 2 aromatic rings. The van der Waals surface area contributed by atoms with Crippen LogP contribution in [0.15, 0.2) is 42.5 Å². The number of rotatable bonds is 4. The Balaban J connectivity index is 2.00. The van der Waals surface area contributed by atoms with Crippen LogP contribution in [-0.4, -0.2) is 19.5 Å². The third-order valence-corrected chi connectivity index (χ3v) is 3.07. The Morgan fingerprint density at radius 3 is 2.62 bits per heavy atom. The van der Waals surface area contributed by atoms with Crippen LogP contribution in [0.25, 0.3) is 0 Å². The molecule has 0 saturated heterocycles. The van der Waals surface area contributed by atoms with E-state index in [-0.39, 0.29) is 12.5 Å². The van der Waals surface area contributed by atoms with E-state index in [1.165, 1.54) is 11.0 Å². The lowest BCUT2D eigenvalue weighted by molar-refractivity contribution is -0.114. The van der Waals surface area contributed by atoms with Crippen molar-refractivity contribution in [2.75, 3.05) is 23.8 Å². The second-order valence-electron chi connectivity index (χ2n) is 4.51. The van der Waals surface area contributed by atoms with Crippen LogP contribution in [-0.2, 0) is 4.79 Å². The Bertz CT molecular complexity index is 664. The van der Waals surface area contributed by atoms with Gasteiger partial charge in [0.15, 0.2) is 11.6 Å². The summed E-state index contributed by atoms with van der Waals surface area (Å²) in [6, 6.07) is 10.2. The molecule has 0 aliphatic heterocycles. The lowest BCUT2D eigenvalue weighted by Crippen LogP contribution is -2.30. The van der Waals surface area contributed by atoms with Crippen LogP contribution < -0.4 is 10.2 Å². The van der Waals surface area contributed by atoms with E-state index in [9.17, 15) is 13.6 Å². The number of benzene rings is 2. The summed E-state index contributed by atoms with van der Waals surface area (Å²) < 4.78 is 26.0. The van der Waals surface area contributed by atoms with Crippen LogP contribution in [0.1, 0.15) is 0 Å². The van der Waals surface area contributed by atoms with Gasteiger partial charge in [0, 0.05) is 29.5 Å². The van der Waals surface area contributed by atoms with Gasteiger partial charge >= 0.3 is 0 Å². The summed E-state index contributed by atoms with van der Waals surface area (Å²) in [7, 11) is 1.62. The van der Waals surface area contributed by atoms with Gasteiger partial charge in [0.25, 0.3) is 0 Å². The van der Waals surface area contributed by atoms with Crippen molar-refractivity contribution < 1.29 is 13.6 Å². The number of carbonyl (C=O) groups is 1. The highest BCUT2D eigenvalue weighted by Crippen LogP contribution is 2.17. The van der Waals surface area contributed by atoms with E-state index in [4.69, 9.17) is 11.6 Å². The van der Waals surface area contributed by atoms with Crippen LogP contribution in [0.3, 0.4) is 0 Å². The topological polar surface area (TPSA) is 32.3 Å². The van der Waals surface area contributed by atoms with E-state index in [0.717, 1.165) is 12.1 Å². The second kappa shape index (κ2) is 6.54. The molecule has 1 N–H and O–H groups in total. The van der Waals surface area contributed by atoms with Gasteiger partial charge in [-0.2, -0.15) is 0 Å². The molecule has 21 heavy (non-hydrogen) atoms. The number of halogens is 3. The number of carbonyl (C=O) groups excluding carboxylic acids is 1. The van der Waals surface area contributed by atoms with Gasteiger partial charge in [-0.05, 0) is 30.3 Å². The molecule has 0 aliphatic rings. The van der Waals surface area contributed by atoms with E-state index in [1.54, 1.807) is 31.3 Å². The average molecular weight is 311 g/mol. The van der Waals surface area contributed by atoms with E-state index in [0.29, 0.717) is 16.4 Å². The standard InChI is InChI=1S/C15H13ClF2N2O/c1-20(12-5-6-13(17)14(18)8-12)9-15(21)19-11-4-2-3-10(16)7-11/h2-8H,9H2,1H3,(H,19,21). The van der Waals surface area contributed by atoms with Crippen molar-refractivity contribution in [3.63, 3.8) is 0 Å². The van der Waals surface area contributed by atoms with Crippen LogP contribution in [0.2, 0.25) is 5.02 Å². The Labute approximate surface area is 126 Å². The van der Waals surface area contributed by atoms with Crippen molar-refractivity contribution >= 4 is 28.9 Å². The summed E-state index contributed by atoms with van der Waals surface area (Å²) >= 11 is 5.82. The second-order valence-corrected chi connectivity index (χ2v) is 4.95. The van der Waals surface area contributed by atoms with Crippen molar-refractivity contribution in [2.45, 2.75) is 0 Å². The van der Waals surface area contributed by atoms with Crippen LogP contribution in [0.4, 0.5) is 20.2 Å². The first-order valence-electron chi connectivity index (χ1n) is 6.17. The number of anilines is 2. The van der Waals surface area contributed by atoms with E-state index in [1.807, 2.05) is 0 Å². The van der Waals surface area contributed by atoms with Crippen molar-refractivity contribution in [2.24, 2.45) is 0 Å². The zero-order valence-corrected chi connectivity index (χ0v) is 12.0. The zero-order chi connectivity index (χ0) is 15.4. The fourth-order valence-electron chi connectivity index (χ4n) is 1.80. The first-order chi connectivity index (χ1) is 9.95. The lowest BCUT2D eigenvalue weighted by Gasteiger charge is -2.19. The maximum absolute atomic E-state index is 13.2. The van der Waals surface area contributed by atoms with E-state index in [2.05, 4.69) is 5.32 Å². The Hall–Kier alpha value is -2.14. The first-order valence-corrected chi connectivity index (χ1v) is 6.55. The molecule has 0 bridgehead atoms. The molecule has 2 aromatic carbocycles. The summed E-state index contributed by atoms with van der Waals surface area (Å²) in [5.74, 6) is -2.16. The van der Waals surface area contributed by atoms with Gasteiger partial charge in [-0.25, -0.2) is 8.78 Å². The summed E-state index contributed by atoms with van der Waals surface area (Å²) in [6.45, 7) is -0.00240. The average Bonchev–Trinajstić information content (AvgIpc) is 2.41. The van der Waals surface area contributed by atoms with Gasteiger partial charge < -0.3 is 10.2 Å². The normalized spacial score (nSPS) is 10.3. The minimum absolute atomic E-state index is 0.00240. The molecular formula is C15H13ClF2N2O. The minimum atomic E-state index is -0.949. The van der Waals surface area contributed by atoms with Gasteiger partial charge in [0.05, 0.1) is 6.54 Å². The van der Waals surface area contributed by atoms with Gasteiger partial charge in [-0.3, -0.25) is 4.79 Å². The van der Waals surface area contributed by atoms with Crippen LogP contribution in [0.5, 0.6) is 0 Å².